The number of nitrogen functional groups attached to an aromatic ring is 1. The van der Waals surface area contributed by atoms with E-state index < -0.39 is 158 Å². The number of anilines is 1. The van der Waals surface area contributed by atoms with Gasteiger partial charge in [0.1, 0.15) is 66.1 Å². The van der Waals surface area contributed by atoms with E-state index >= 15 is 0 Å². The number of ether oxygens (including phenoxy) is 1. The molecule has 83 heavy (non-hydrogen) atoms. The number of hydrogen-bond acceptors (Lipinski definition) is 18. The Labute approximate surface area is 478 Å². The van der Waals surface area contributed by atoms with Crippen molar-refractivity contribution in [3.05, 3.63) is 102 Å². The molecule has 3 saturated heterocycles. The van der Waals surface area contributed by atoms with Crippen LogP contribution in [0.15, 0.2) is 91.0 Å². The molecule has 0 radical (unpaired) electrons. The van der Waals surface area contributed by atoms with E-state index in [1.54, 1.807) is 12.1 Å². The van der Waals surface area contributed by atoms with E-state index in [1.807, 2.05) is 48.5 Å². The molecule has 15 atom stereocenters. The number of unbranched alkanes of at least 4 members (excludes halogenated alkanes) is 2. The largest absolute Gasteiger partial charge is 0.506 e. The number of carbonyl (C=O) groups excluding carboxylic acids is 7. The number of nitrogens with two attached hydrogens (primary N) is 1. The number of fused-ring (bicyclic) bond motifs is 2. The SMILES string of the molecule is CCCCCOc1ccc(-c2ccc(-c3ccc(C(=O)N[C@H]4C[C@@H](O)[C@@H](O)NC(=O)[C@@H]5[C@@H](O)[C@@H](C)CN5C(=O)[C@H]([C@@H](C)O)NC(=O)[C@H]([C@H](O)[C@@H](O)c5ccc(O)c(N)c5)NC(=O)[C@@H]5C[C@@H](O)CN5C(=O)[C@H]([C@@H](C)O)NC4=O)cc3)cc2)cc1. The van der Waals surface area contributed by atoms with Crippen molar-refractivity contribution in [3.63, 3.8) is 0 Å². The summed E-state index contributed by atoms with van der Waals surface area (Å²) in [7, 11) is 0. The van der Waals surface area contributed by atoms with Crippen LogP contribution < -0.4 is 37.1 Å². The maximum Gasteiger partial charge on any atom is 0.251 e. The normalized spacial score (nSPS) is 27.3. The lowest BCUT2D eigenvalue weighted by Gasteiger charge is -2.34. The Morgan fingerprint density at radius 2 is 1.22 bits per heavy atom. The first kappa shape index (κ1) is 62.8. The van der Waals surface area contributed by atoms with Gasteiger partial charge in [-0.25, -0.2) is 0 Å². The van der Waals surface area contributed by atoms with Gasteiger partial charge >= 0.3 is 0 Å². The van der Waals surface area contributed by atoms with Crippen molar-refractivity contribution in [1.82, 2.24) is 36.4 Å². The van der Waals surface area contributed by atoms with Crippen molar-refractivity contribution < 1.29 is 84.3 Å². The fraction of sp³-hybridized carbons (Fsp3) is 0.466. The molecule has 3 heterocycles. The van der Waals surface area contributed by atoms with Crippen LogP contribution in [-0.4, -0.2) is 196 Å². The average Bonchev–Trinajstić information content (AvgIpc) is 4.03. The van der Waals surface area contributed by atoms with E-state index in [9.17, 15) is 79.5 Å². The van der Waals surface area contributed by atoms with Crippen LogP contribution in [0.5, 0.6) is 11.5 Å². The Hall–Kier alpha value is -7.75. The van der Waals surface area contributed by atoms with E-state index in [-0.39, 0.29) is 23.4 Å². The Morgan fingerprint density at radius 3 is 1.78 bits per heavy atom. The standard InChI is InChI=1S/C58H74N8O17/c1-5-6-7-22-83-38-19-16-34(17-20-38)32-10-8-31(9-11-32)33-12-14-35(15-13-33)51(75)60-40-25-43(71)54(78)64-56(80)47-48(72)28(2)26-66(47)58(82)45(30(4)68)62-55(79)46(50(74)49(73)36-18-21-42(70)39(59)23-36)63-53(77)41-24-37(69)27-65(41)57(81)44(29(3)67)61-52(40)76/h8-21,23,28-30,37,40-41,43-50,54,67-74,78H,5-7,22,24-27,59H2,1-4H3,(H,60,75)(H,61,76)(H,62,79)(H,63,77)(H,64,80)/t28-,29+,30+,37+,40-,41-,43+,44-,45-,46-,47-,48-,49-,50-,54+/m0/s1. The van der Waals surface area contributed by atoms with E-state index in [0.29, 0.717) is 12.2 Å². The third-order valence-electron chi connectivity index (χ3n) is 15.2. The highest BCUT2D eigenvalue weighted by Gasteiger charge is 2.50. The molecule has 4 aromatic rings. The van der Waals surface area contributed by atoms with Crippen LogP contribution in [0.4, 0.5) is 5.69 Å². The summed E-state index contributed by atoms with van der Waals surface area (Å²) in [5.74, 6) is -8.97. The topological polar surface area (TPSA) is 403 Å². The van der Waals surface area contributed by atoms with Gasteiger partial charge in [-0.3, -0.25) is 33.6 Å². The lowest BCUT2D eigenvalue weighted by Crippen LogP contribution is -2.64. The van der Waals surface area contributed by atoms with E-state index in [2.05, 4.69) is 33.5 Å². The number of benzene rings is 4. The Balaban J connectivity index is 1.18. The second kappa shape index (κ2) is 27.6. The Morgan fingerprint density at radius 1 is 0.675 bits per heavy atom. The molecule has 25 nitrogen and oxygen atoms in total. The summed E-state index contributed by atoms with van der Waals surface area (Å²) in [5.41, 5.74) is 8.81. The molecule has 4 aromatic carbocycles. The van der Waals surface area contributed by atoms with Crippen LogP contribution in [0.1, 0.15) is 81.8 Å². The number of aromatic hydroxyl groups is 1. The third kappa shape index (κ3) is 14.9. The molecule has 0 unspecified atom stereocenters. The van der Waals surface area contributed by atoms with Crippen molar-refractivity contribution >= 4 is 47.0 Å². The average molecular weight is 1160 g/mol. The summed E-state index contributed by atoms with van der Waals surface area (Å²) in [6.07, 6.45) is -13.9. The number of hydrogen-bond donors (Lipinski definition) is 15. The summed E-state index contributed by atoms with van der Waals surface area (Å²) >= 11 is 0. The molecule has 0 spiro atoms. The first-order chi connectivity index (χ1) is 39.4. The predicted octanol–water partition coefficient (Wildman–Crippen LogP) is -1.34. The smallest absolute Gasteiger partial charge is 0.251 e. The Bertz CT molecular complexity index is 2950. The quantitative estimate of drug-likeness (QED) is 0.0394. The Kier molecular flexibility index (Phi) is 20.9. The summed E-state index contributed by atoms with van der Waals surface area (Å²) in [6, 6.07) is 13.1. The highest BCUT2D eigenvalue weighted by Crippen LogP contribution is 2.31. The van der Waals surface area contributed by atoms with E-state index in [4.69, 9.17) is 10.5 Å². The monoisotopic (exact) mass is 1150 g/mol. The number of rotatable bonds is 14. The maximum absolute atomic E-state index is 14.5. The summed E-state index contributed by atoms with van der Waals surface area (Å²) in [6.45, 7) is 5.41. The molecule has 0 aliphatic carbocycles. The van der Waals surface area contributed by atoms with Gasteiger partial charge in [0.15, 0.2) is 6.23 Å². The third-order valence-corrected chi connectivity index (χ3v) is 15.2. The van der Waals surface area contributed by atoms with Gasteiger partial charge in [0.25, 0.3) is 5.91 Å². The first-order valence-corrected chi connectivity index (χ1v) is 27.5. The molecule has 0 bridgehead atoms. The highest BCUT2D eigenvalue weighted by molar-refractivity contribution is 6.00. The fourth-order valence-corrected chi connectivity index (χ4v) is 10.3. The number of aliphatic hydroxyl groups is 8. The van der Waals surface area contributed by atoms with Gasteiger partial charge in [-0.1, -0.05) is 81.3 Å². The lowest BCUT2D eigenvalue weighted by atomic mass is 9.96. The molecule has 25 heteroatoms. The molecular weight excluding hydrogens is 1080 g/mol. The van der Waals surface area contributed by atoms with Crippen molar-refractivity contribution in [3.8, 4) is 33.8 Å². The van der Waals surface area contributed by atoms with Gasteiger partial charge in [-0.05, 0) is 84.5 Å². The van der Waals surface area contributed by atoms with Crippen LogP contribution >= 0.6 is 0 Å². The molecule has 0 saturated carbocycles. The van der Waals surface area contributed by atoms with Gasteiger partial charge in [0, 0.05) is 37.4 Å². The molecule has 7 amide bonds. The number of carbonyl (C=O) groups is 7. The van der Waals surface area contributed by atoms with E-state index in [1.165, 1.54) is 19.1 Å². The predicted molar refractivity (Wildman–Crippen MR) is 298 cm³/mol. The van der Waals surface area contributed by atoms with Crippen molar-refractivity contribution in [1.29, 1.82) is 0 Å². The minimum Gasteiger partial charge on any atom is -0.506 e. The zero-order valence-electron chi connectivity index (χ0n) is 46.2. The molecule has 3 aliphatic heterocycles. The number of nitrogens with one attached hydrogen (secondary N) is 5. The molecule has 3 aliphatic rings. The first-order valence-electron chi connectivity index (χ1n) is 27.5. The number of phenolic OH excluding ortho intramolecular Hbond substituents is 1. The summed E-state index contributed by atoms with van der Waals surface area (Å²) in [5, 5.41) is 112. The van der Waals surface area contributed by atoms with Gasteiger partial charge in [0.2, 0.25) is 35.4 Å². The summed E-state index contributed by atoms with van der Waals surface area (Å²) < 4.78 is 5.84. The maximum atomic E-state index is 14.5. The van der Waals surface area contributed by atoms with Crippen molar-refractivity contribution in [2.75, 3.05) is 25.4 Å². The van der Waals surface area contributed by atoms with Crippen LogP contribution in [0.2, 0.25) is 0 Å². The minimum atomic E-state index is -2.35. The van der Waals surface area contributed by atoms with E-state index in [0.717, 1.165) is 83.5 Å². The molecule has 16 N–H and O–H groups in total. The molecular formula is C58H74N8O17. The zero-order valence-corrected chi connectivity index (χ0v) is 46.2. The summed E-state index contributed by atoms with van der Waals surface area (Å²) in [4.78, 5) is 102. The van der Waals surface area contributed by atoms with Gasteiger partial charge in [-0.2, -0.15) is 0 Å². The van der Waals surface area contributed by atoms with Crippen LogP contribution in [0.3, 0.4) is 0 Å². The zero-order chi connectivity index (χ0) is 60.6. The molecule has 7 rings (SSSR count). The minimum absolute atomic E-state index is 0.00430. The van der Waals surface area contributed by atoms with Crippen LogP contribution in [0, 0.1) is 5.92 Å². The lowest BCUT2D eigenvalue weighted by molar-refractivity contribution is -0.148. The van der Waals surface area contributed by atoms with Crippen molar-refractivity contribution in [2.45, 2.75) is 145 Å². The second-order valence-electron chi connectivity index (χ2n) is 21.5. The number of phenols is 1. The van der Waals surface area contributed by atoms with Crippen LogP contribution in [-0.2, 0) is 28.8 Å². The molecule has 448 valence electrons. The van der Waals surface area contributed by atoms with Gasteiger partial charge in [0.05, 0.1) is 36.7 Å². The second-order valence-corrected chi connectivity index (χ2v) is 21.5. The van der Waals surface area contributed by atoms with Crippen LogP contribution in [0.25, 0.3) is 22.3 Å². The number of aliphatic hydroxyl groups excluding tert-OH is 8. The molecule has 3 fully saturated rings. The molecule has 0 aromatic heterocycles. The fourth-order valence-electron chi connectivity index (χ4n) is 10.3. The highest BCUT2D eigenvalue weighted by atomic mass is 16.5. The van der Waals surface area contributed by atoms with Gasteiger partial charge < -0.3 is 92.8 Å². The number of amides is 7. The number of nitrogens with zero attached hydrogens (tertiary/aromatic N) is 2. The van der Waals surface area contributed by atoms with Crippen molar-refractivity contribution in [2.24, 2.45) is 5.92 Å². The van der Waals surface area contributed by atoms with Gasteiger partial charge in [-0.15, -0.1) is 0 Å².